The average molecular weight is 287 g/mol. The number of hydrogen-bond donors (Lipinski definition) is 1. The summed E-state index contributed by atoms with van der Waals surface area (Å²) in [5.41, 5.74) is 3.61. The van der Waals surface area contributed by atoms with Gasteiger partial charge in [-0.1, -0.05) is 29.8 Å². The van der Waals surface area contributed by atoms with E-state index in [2.05, 4.69) is 53.7 Å². The molecule has 1 aromatic carbocycles. The van der Waals surface area contributed by atoms with Gasteiger partial charge in [0.05, 0.1) is 11.7 Å². The van der Waals surface area contributed by atoms with E-state index >= 15 is 0 Å². The highest BCUT2D eigenvalue weighted by molar-refractivity contribution is 7.10. The molecule has 0 saturated carbocycles. The lowest BCUT2D eigenvalue weighted by Crippen LogP contribution is -2.44. The van der Waals surface area contributed by atoms with Gasteiger partial charge in [0.2, 0.25) is 0 Å². The molecule has 1 unspecified atom stereocenters. The quantitative estimate of drug-likeness (QED) is 0.940. The molecule has 1 saturated heterocycles. The zero-order valence-electron chi connectivity index (χ0n) is 12.1. The van der Waals surface area contributed by atoms with Crippen molar-refractivity contribution in [3.8, 4) is 11.3 Å². The molecule has 0 spiro atoms. The van der Waals surface area contributed by atoms with Crippen molar-refractivity contribution in [3.05, 3.63) is 40.2 Å². The molecule has 3 rings (SSSR count). The van der Waals surface area contributed by atoms with E-state index in [9.17, 15) is 0 Å². The van der Waals surface area contributed by atoms with Gasteiger partial charge in [-0.25, -0.2) is 4.98 Å². The largest absolute Gasteiger partial charge is 0.314 e. The maximum absolute atomic E-state index is 4.84. The third-order valence-corrected chi connectivity index (χ3v) is 4.94. The van der Waals surface area contributed by atoms with Crippen molar-refractivity contribution in [2.24, 2.45) is 0 Å². The first kappa shape index (κ1) is 13.7. The zero-order chi connectivity index (χ0) is 13.9. The summed E-state index contributed by atoms with van der Waals surface area (Å²) in [6.07, 6.45) is 0. The fourth-order valence-corrected chi connectivity index (χ4v) is 3.48. The summed E-state index contributed by atoms with van der Waals surface area (Å²) in [5, 5.41) is 6.80. The van der Waals surface area contributed by atoms with Crippen LogP contribution in [0.25, 0.3) is 11.3 Å². The maximum Gasteiger partial charge on any atom is 0.110 e. The molecule has 0 amide bonds. The third kappa shape index (κ3) is 2.92. The smallest absolute Gasteiger partial charge is 0.110 e. The second kappa shape index (κ2) is 6.04. The molecular formula is C16H21N3S. The van der Waals surface area contributed by atoms with Crippen LogP contribution in [0.4, 0.5) is 0 Å². The first-order chi connectivity index (χ1) is 9.74. The minimum Gasteiger partial charge on any atom is -0.314 e. The van der Waals surface area contributed by atoms with E-state index in [1.54, 1.807) is 11.3 Å². The topological polar surface area (TPSA) is 28.2 Å². The fourth-order valence-electron chi connectivity index (χ4n) is 2.56. The number of nitrogens with one attached hydrogen (secondary N) is 1. The highest BCUT2D eigenvalue weighted by atomic mass is 32.1. The lowest BCUT2D eigenvalue weighted by molar-refractivity contribution is 0.185. The summed E-state index contributed by atoms with van der Waals surface area (Å²) in [4.78, 5) is 7.35. The van der Waals surface area contributed by atoms with Crippen LogP contribution >= 0.6 is 11.3 Å². The molecule has 1 atom stereocenters. The summed E-state index contributed by atoms with van der Waals surface area (Å²) in [5.74, 6) is 0. The summed E-state index contributed by atoms with van der Waals surface area (Å²) in [6, 6.07) is 9.02. The second-order valence-electron chi connectivity index (χ2n) is 5.40. The molecule has 1 aromatic heterocycles. The first-order valence-corrected chi connectivity index (χ1v) is 8.09. The van der Waals surface area contributed by atoms with Crippen LogP contribution in [0.3, 0.4) is 0 Å². The Bertz CT molecular complexity index is 555. The van der Waals surface area contributed by atoms with Gasteiger partial charge < -0.3 is 5.32 Å². The normalized spacial score (nSPS) is 18.1. The van der Waals surface area contributed by atoms with Crippen molar-refractivity contribution in [2.75, 3.05) is 26.2 Å². The molecule has 1 N–H and O–H groups in total. The maximum atomic E-state index is 4.84. The van der Waals surface area contributed by atoms with E-state index in [4.69, 9.17) is 4.98 Å². The van der Waals surface area contributed by atoms with E-state index in [1.165, 1.54) is 16.1 Å². The van der Waals surface area contributed by atoms with Crippen molar-refractivity contribution >= 4 is 11.3 Å². The van der Waals surface area contributed by atoms with Gasteiger partial charge in [-0.2, -0.15) is 0 Å². The lowest BCUT2D eigenvalue weighted by Gasteiger charge is -2.31. The molecular weight excluding hydrogens is 266 g/mol. The molecule has 1 fully saturated rings. The predicted octanol–water partition coefficient (Wildman–Crippen LogP) is 3.08. The Balaban J connectivity index is 1.77. The summed E-state index contributed by atoms with van der Waals surface area (Å²) >= 11 is 1.78. The lowest BCUT2D eigenvalue weighted by atomic mass is 10.1. The number of thiazole rings is 1. The minimum absolute atomic E-state index is 0.418. The minimum atomic E-state index is 0.418. The monoisotopic (exact) mass is 287 g/mol. The highest BCUT2D eigenvalue weighted by Gasteiger charge is 2.20. The molecule has 1 aliphatic rings. The fraction of sp³-hybridized carbons (Fsp3) is 0.438. The van der Waals surface area contributed by atoms with E-state index in [0.29, 0.717) is 6.04 Å². The molecule has 0 bridgehead atoms. The Hall–Kier alpha value is -1.23. The molecule has 20 heavy (non-hydrogen) atoms. The Kier molecular flexibility index (Phi) is 4.15. The van der Waals surface area contributed by atoms with E-state index in [0.717, 1.165) is 31.9 Å². The van der Waals surface area contributed by atoms with Crippen LogP contribution in [0.2, 0.25) is 0 Å². The predicted molar refractivity (Wildman–Crippen MR) is 85.1 cm³/mol. The van der Waals surface area contributed by atoms with Crippen LogP contribution in [0.1, 0.15) is 23.5 Å². The molecule has 1 aliphatic heterocycles. The van der Waals surface area contributed by atoms with Gasteiger partial charge in [0, 0.05) is 37.1 Å². The third-order valence-electron chi connectivity index (χ3n) is 3.93. The molecule has 4 heteroatoms. The van der Waals surface area contributed by atoms with Crippen molar-refractivity contribution in [3.63, 3.8) is 0 Å². The summed E-state index contributed by atoms with van der Waals surface area (Å²) in [6.45, 7) is 8.77. The number of aryl methyl sites for hydroxylation is 1. The number of piperazine rings is 1. The second-order valence-corrected chi connectivity index (χ2v) is 6.29. The van der Waals surface area contributed by atoms with Crippen molar-refractivity contribution < 1.29 is 0 Å². The molecule has 2 aromatic rings. The summed E-state index contributed by atoms with van der Waals surface area (Å²) < 4.78 is 0. The van der Waals surface area contributed by atoms with Crippen molar-refractivity contribution in [1.29, 1.82) is 0 Å². The molecule has 3 nitrogen and oxygen atoms in total. The number of aromatic nitrogens is 1. The van der Waals surface area contributed by atoms with Gasteiger partial charge in [-0.05, 0) is 13.8 Å². The highest BCUT2D eigenvalue weighted by Crippen LogP contribution is 2.28. The first-order valence-electron chi connectivity index (χ1n) is 7.21. The Morgan fingerprint density at radius 3 is 2.60 bits per heavy atom. The van der Waals surface area contributed by atoms with Gasteiger partial charge in [0.25, 0.3) is 0 Å². The number of benzene rings is 1. The average Bonchev–Trinajstić information content (AvgIpc) is 2.98. The zero-order valence-corrected chi connectivity index (χ0v) is 12.9. The van der Waals surface area contributed by atoms with Crippen LogP contribution < -0.4 is 5.32 Å². The van der Waals surface area contributed by atoms with Crippen molar-refractivity contribution in [1.82, 2.24) is 15.2 Å². The summed E-state index contributed by atoms with van der Waals surface area (Å²) in [7, 11) is 0. The number of hydrogen-bond acceptors (Lipinski definition) is 4. The SMILES string of the molecule is Cc1ccc(-c2csc(C(C)N3CCNCC3)n2)cc1. The van der Waals surface area contributed by atoms with Gasteiger partial charge in [0.1, 0.15) is 5.01 Å². The van der Waals surface area contributed by atoms with Gasteiger partial charge >= 0.3 is 0 Å². The Labute approximate surface area is 124 Å². The van der Waals surface area contributed by atoms with Gasteiger partial charge in [-0.15, -0.1) is 11.3 Å². The van der Waals surface area contributed by atoms with Gasteiger partial charge in [0.15, 0.2) is 0 Å². The van der Waals surface area contributed by atoms with Crippen LogP contribution in [-0.2, 0) is 0 Å². The molecule has 0 aliphatic carbocycles. The van der Waals surface area contributed by atoms with E-state index in [1.807, 2.05) is 0 Å². The number of nitrogens with zero attached hydrogens (tertiary/aromatic N) is 2. The van der Waals surface area contributed by atoms with Crippen LogP contribution in [0.5, 0.6) is 0 Å². The van der Waals surface area contributed by atoms with Gasteiger partial charge in [-0.3, -0.25) is 4.90 Å². The van der Waals surface area contributed by atoms with E-state index < -0.39 is 0 Å². The molecule has 106 valence electrons. The standard InChI is InChI=1S/C16H21N3S/c1-12-3-5-14(6-4-12)15-11-20-16(18-15)13(2)19-9-7-17-8-10-19/h3-6,11,13,17H,7-10H2,1-2H3. The molecule has 0 radical (unpaired) electrons. The van der Waals surface area contributed by atoms with Crippen LogP contribution in [-0.4, -0.2) is 36.1 Å². The Morgan fingerprint density at radius 2 is 1.90 bits per heavy atom. The number of rotatable bonds is 3. The van der Waals surface area contributed by atoms with Crippen LogP contribution in [0, 0.1) is 6.92 Å². The van der Waals surface area contributed by atoms with E-state index in [-0.39, 0.29) is 0 Å². The Morgan fingerprint density at radius 1 is 1.20 bits per heavy atom. The van der Waals surface area contributed by atoms with Crippen LogP contribution in [0.15, 0.2) is 29.6 Å². The van der Waals surface area contributed by atoms with Crippen molar-refractivity contribution in [2.45, 2.75) is 19.9 Å². The molecule has 2 heterocycles.